The van der Waals surface area contributed by atoms with Gasteiger partial charge in [0.2, 0.25) is 5.91 Å². The van der Waals surface area contributed by atoms with Gasteiger partial charge in [0.15, 0.2) is 11.5 Å². The number of aryl methyl sites for hydroxylation is 1. The second-order valence-corrected chi connectivity index (χ2v) is 7.68. The van der Waals surface area contributed by atoms with E-state index in [4.69, 9.17) is 9.47 Å². The summed E-state index contributed by atoms with van der Waals surface area (Å²) in [7, 11) is 3.25. The van der Waals surface area contributed by atoms with E-state index < -0.39 is 0 Å². The Bertz CT molecular complexity index is 811. The van der Waals surface area contributed by atoms with Crippen LogP contribution in [0.1, 0.15) is 43.4 Å². The molecule has 0 saturated carbocycles. The highest BCUT2D eigenvalue weighted by molar-refractivity contribution is 5.79. The van der Waals surface area contributed by atoms with Crippen LogP contribution in [-0.2, 0) is 4.79 Å². The lowest BCUT2D eigenvalue weighted by Gasteiger charge is -2.33. The van der Waals surface area contributed by atoms with Gasteiger partial charge in [0.25, 0.3) is 0 Å². The van der Waals surface area contributed by atoms with E-state index in [1.165, 1.54) is 11.3 Å². The van der Waals surface area contributed by atoms with Crippen molar-refractivity contribution < 1.29 is 14.3 Å². The van der Waals surface area contributed by atoms with Crippen molar-refractivity contribution in [2.45, 2.75) is 39.2 Å². The van der Waals surface area contributed by atoms with E-state index in [-0.39, 0.29) is 17.9 Å². The van der Waals surface area contributed by atoms with Crippen molar-refractivity contribution in [3.63, 3.8) is 0 Å². The van der Waals surface area contributed by atoms with Crippen LogP contribution in [0, 0.1) is 12.8 Å². The number of carbonyl (C=O) groups excluding carboxylic acids is 1. The van der Waals surface area contributed by atoms with Crippen LogP contribution in [0.3, 0.4) is 0 Å². The Balaban J connectivity index is 1.60. The van der Waals surface area contributed by atoms with Gasteiger partial charge in [-0.2, -0.15) is 0 Å². The molecular formula is C24H32N2O3. The molecule has 1 fully saturated rings. The summed E-state index contributed by atoms with van der Waals surface area (Å²) < 4.78 is 10.7. The number of amides is 1. The molecule has 0 radical (unpaired) electrons. The third-order valence-electron chi connectivity index (χ3n) is 5.80. The van der Waals surface area contributed by atoms with Gasteiger partial charge in [0.1, 0.15) is 0 Å². The lowest BCUT2D eigenvalue weighted by Crippen LogP contribution is -2.41. The minimum atomic E-state index is -0.0302. The van der Waals surface area contributed by atoms with Gasteiger partial charge < -0.3 is 19.7 Å². The molecule has 5 heteroatoms. The Morgan fingerprint density at radius 1 is 1.07 bits per heavy atom. The lowest BCUT2D eigenvalue weighted by atomic mass is 9.94. The second-order valence-electron chi connectivity index (χ2n) is 7.68. The van der Waals surface area contributed by atoms with E-state index in [0.29, 0.717) is 11.5 Å². The predicted octanol–water partition coefficient (Wildman–Crippen LogP) is 4.50. The van der Waals surface area contributed by atoms with Crippen molar-refractivity contribution in [2.75, 3.05) is 32.2 Å². The van der Waals surface area contributed by atoms with Gasteiger partial charge in [-0.25, -0.2) is 0 Å². The molecule has 5 nitrogen and oxygen atoms in total. The molecule has 1 atom stereocenters. The maximum Gasteiger partial charge on any atom is 0.223 e. The summed E-state index contributed by atoms with van der Waals surface area (Å²) in [6.45, 7) is 6.01. The molecule has 1 unspecified atom stereocenters. The fourth-order valence-corrected chi connectivity index (χ4v) is 3.94. The number of hydrogen-bond acceptors (Lipinski definition) is 4. The summed E-state index contributed by atoms with van der Waals surface area (Å²) in [5.74, 6) is 1.59. The average molecular weight is 397 g/mol. The topological polar surface area (TPSA) is 50.8 Å². The van der Waals surface area contributed by atoms with Crippen LogP contribution in [0.5, 0.6) is 11.5 Å². The van der Waals surface area contributed by atoms with Crippen molar-refractivity contribution in [3.8, 4) is 11.5 Å². The molecule has 1 aliphatic rings. The number of piperidine rings is 1. The summed E-state index contributed by atoms with van der Waals surface area (Å²) in [5, 5.41) is 3.25. The number of rotatable bonds is 7. The molecular weight excluding hydrogens is 364 g/mol. The number of nitrogens with one attached hydrogen (secondary N) is 1. The Labute approximate surface area is 174 Å². The van der Waals surface area contributed by atoms with Crippen molar-refractivity contribution in [3.05, 3.63) is 53.6 Å². The van der Waals surface area contributed by atoms with Crippen LogP contribution in [0.25, 0.3) is 0 Å². The van der Waals surface area contributed by atoms with E-state index >= 15 is 0 Å². The SMILES string of the molecule is CCC(NC(=O)C1CCN(c2ccc(C)cc2)CC1)c1ccc(OC)c(OC)c1. The van der Waals surface area contributed by atoms with Crippen LogP contribution in [0.2, 0.25) is 0 Å². The van der Waals surface area contributed by atoms with Crippen molar-refractivity contribution in [1.29, 1.82) is 0 Å². The largest absolute Gasteiger partial charge is 0.493 e. The quantitative estimate of drug-likeness (QED) is 0.749. The number of benzene rings is 2. The van der Waals surface area contributed by atoms with Crippen LogP contribution in [-0.4, -0.2) is 33.2 Å². The average Bonchev–Trinajstić information content (AvgIpc) is 2.77. The maximum absolute atomic E-state index is 12.9. The number of hydrogen-bond donors (Lipinski definition) is 1. The van der Waals surface area contributed by atoms with Gasteiger partial charge in [-0.15, -0.1) is 0 Å². The predicted molar refractivity (Wildman–Crippen MR) is 117 cm³/mol. The minimum absolute atomic E-state index is 0.0302. The first-order valence-corrected chi connectivity index (χ1v) is 10.4. The van der Waals surface area contributed by atoms with Crippen LogP contribution < -0.4 is 19.7 Å². The molecule has 1 aliphatic heterocycles. The summed E-state index contributed by atoms with van der Waals surface area (Å²) >= 11 is 0. The van der Waals surface area contributed by atoms with Crippen LogP contribution in [0.15, 0.2) is 42.5 Å². The summed E-state index contributed by atoms with van der Waals surface area (Å²) in [4.78, 5) is 15.3. The summed E-state index contributed by atoms with van der Waals surface area (Å²) in [5.41, 5.74) is 3.55. The molecule has 29 heavy (non-hydrogen) atoms. The number of methoxy groups -OCH3 is 2. The first-order chi connectivity index (χ1) is 14.0. The Hall–Kier alpha value is -2.69. The van der Waals surface area contributed by atoms with Crippen molar-refractivity contribution in [1.82, 2.24) is 5.32 Å². The number of anilines is 1. The Morgan fingerprint density at radius 2 is 1.72 bits per heavy atom. The smallest absolute Gasteiger partial charge is 0.223 e. The molecule has 1 amide bonds. The molecule has 1 heterocycles. The first-order valence-electron chi connectivity index (χ1n) is 10.4. The molecule has 0 spiro atoms. The summed E-state index contributed by atoms with van der Waals surface area (Å²) in [6, 6.07) is 14.4. The van der Waals surface area contributed by atoms with E-state index in [1.807, 2.05) is 18.2 Å². The first kappa shape index (κ1) is 21.0. The van der Waals surface area contributed by atoms with Crippen LogP contribution in [0.4, 0.5) is 5.69 Å². The van der Waals surface area contributed by atoms with Crippen molar-refractivity contribution in [2.24, 2.45) is 5.92 Å². The third-order valence-corrected chi connectivity index (χ3v) is 5.80. The number of carbonyl (C=O) groups is 1. The minimum Gasteiger partial charge on any atom is -0.493 e. The Morgan fingerprint density at radius 3 is 2.31 bits per heavy atom. The Kier molecular flexibility index (Phi) is 7.02. The summed E-state index contributed by atoms with van der Waals surface area (Å²) in [6.07, 6.45) is 2.58. The fraction of sp³-hybridized carbons (Fsp3) is 0.458. The molecule has 1 N–H and O–H groups in total. The van der Waals surface area contributed by atoms with Gasteiger partial charge in [-0.05, 0) is 56.0 Å². The highest BCUT2D eigenvalue weighted by Gasteiger charge is 2.27. The second kappa shape index (κ2) is 9.68. The number of nitrogens with zero attached hydrogens (tertiary/aromatic N) is 1. The zero-order valence-corrected chi connectivity index (χ0v) is 17.9. The molecule has 0 aromatic heterocycles. The molecule has 0 bridgehead atoms. The monoisotopic (exact) mass is 396 g/mol. The standard InChI is InChI=1S/C24H32N2O3/c1-5-21(19-8-11-22(28-3)23(16-19)29-4)25-24(27)18-12-14-26(15-13-18)20-9-6-17(2)7-10-20/h6-11,16,18,21H,5,12-15H2,1-4H3,(H,25,27). The van der Waals surface area contributed by atoms with E-state index in [9.17, 15) is 4.79 Å². The fourth-order valence-electron chi connectivity index (χ4n) is 3.94. The van der Waals surface area contributed by atoms with E-state index in [0.717, 1.165) is 37.9 Å². The highest BCUT2D eigenvalue weighted by atomic mass is 16.5. The van der Waals surface area contributed by atoms with Gasteiger partial charge >= 0.3 is 0 Å². The molecule has 3 rings (SSSR count). The van der Waals surface area contributed by atoms with Gasteiger partial charge in [-0.3, -0.25) is 4.79 Å². The molecule has 156 valence electrons. The third kappa shape index (κ3) is 5.03. The molecule has 2 aromatic rings. The van der Waals surface area contributed by atoms with Crippen LogP contribution >= 0.6 is 0 Å². The normalized spacial score (nSPS) is 15.7. The maximum atomic E-state index is 12.9. The molecule has 0 aliphatic carbocycles. The van der Waals surface area contributed by atoms with Crippen molar-refractivity contribution >= 4 is 11.6 Å². The zero-order valence-electron chi connectivity index (χ0n) is 17.9. The van der Waals surface area contributed by atoms with Gasteiger partial charge in [0.05, 0.1) is 20.3 Å². The van der Waals surface area contributed by atoms with Gasteiger partial charge in [0, 0.05) is 24.7 Å². The highest BCUT2D eigenvalue weighted by Crippen LogP contribution is 2.31. The molecule has 1 saturated heterocycles. The lowest BCUT2D eigenvalue weighted by molar-refractivity contribution is -0.126. The van der Waals surface area contributed by atoms with Gasteiger partial charge in [-0.1, -0.05) is 30.7 Å². The zero-order chi connectivity index (χ0) is 20.8. The van der Waals surface area contributed by atoms with E-state index in [1.54, 1.807) is 14.2 Å². The molecule has 2 aromatic carbocycles. The number of ether oxygens (including phenoxy) is 2. The van der Waals surface area contributed by atoms with E-state index in [2.05, 4.69) is 48.3 Å².